The molecule has 0 radical (unpaired) electrons. The number of hydrogen-bond acceptors (Lipinski definition) is 5. The molecule has 2 amide bonds. The molecule has 21 heavy (non-hydrogen) atoms. The van der Waals surface area contributed by atoms with Crippen LogP contribution >= 0.6 is 11.3 Å². The summed E-state index contributed by atoms with van der Waals surface area (Å²) < 4.78 is 0. The first-order valence-corrected chi connectivity index (χ1v) is 7.48. The number of nitrogens with zero attached hydrogens (tertiary/aromatic N) is 1. The van der Waals surface area contributed by atoms with Crippen LogP contribution in [0.4, 0.5) is 5.69 Å². The molecule has 0 spiro atoms. The van der Waals surface area contributed by atoms with E-state index in [4.69, 9.17) is 5.73 Å². The van der Waals surface area contributed by atoms with E-state index in [9.17, 15) is 9.59 Å². The molecule has 0 bridgehead atoms. The number of anilines is 1. The fourth-order valence-electron chi connectivity index (χ4n) is 1.74. The number of nitrogens with two attached hydrogens (primary N) is 1. The summed E-state index contributed by atoms with van der Waals surface area (Å²) in [6.45, 7) is 4.53. The Morgan fingerprint density at radius 2 is 2.14 bits per heavy atom. The van der Waals surface area contributed by atoms with E-state index in [1.165, 1.54) is 11.3 Å². The predicted octanol–water partition coefficient (Wildman–Crippen LogP) is 1.38. The summed E-state index contributed by atoms with van der Waals surface area (Å²) in [6.07, 6.45) is 1.65. The second-order valence-electron chi connectivity index (χ2n) is 5.08. The van der Waals surface area contributed by atoms with Gasteiger partial charge in [-0.15, -0.1) is 11.3 Å². The third kappa shape index (κ3) is 3.69. The Bertz CT molecular complexity index is 666. The lowest BCUT2D eigenvalue weighted by Gasteiger charge is -2.08. The molecular formula is C14H18N4O2S. The van der Waals surface area contributed by atoms with Crippen molar-refractivity contribution in [1.82, 2.24) is 15.6 Å². The zero-order valence-corrected chi connectivity index (χ0v) is 12.8. The van der Waals surface area contributed by atoms with Crippen LogP contribution in [0.15, 0.2) is 18.3 Å². The van der Waals surface area contributed by atoms with E-state index in [1.807, 2.05) is 19.9 Å². The van der Waals surface area contributed by atoms with Crippen molar-refractivity contribution in [2.24, 2.45) is 5.92 Å². The normalized spacial score (nSPS) is 10.8. The monoisotopic (exact) mass is 306 g/mol. The van der Waals surface area contributed by atoms with E-state index in [0.717, 1.165) is 5.39 Å². The van der Waals surface area contributed by atoms with Gasteiger partial charge in [-0.05, 0) is 18.1 Å². The molecule has 2 heterocycles. The molecule has 7 heteroatoms. The SMILES string of the molecule is CC(C)CNC(=O)CNC(=O)c1sc2ncccc2c1N. The number of hydrogen-bond donors (Lipinski definition) is 3. The minimum absolute atomic E-state index is 0.0628. The standard InChI is InChI=1S/C14H18N4O2S/c1-8(2)6-17-10(19)7-18-13(20)12-11(15)9-4-3-5-16-14(9)21-12/h3-5,8H,6-7,15H2,1-2H3,(H,17,19)(H,18,20). The molecule has 0 unspecified atom stereocenters. The van der Waals surface area contributed by atoms with Crippen LogP contribution in [0, 0.1) is 5.92 Å². The Labute approximate surface area is 126 Å². The fourth-order valence-corrected chi connectivity index (χ4v) is 2.72. The molecule has 0 saturated heterocycles. The second-order valence-corrected chi connectivity index (χ2v) is 6.08. The van der Waals surface area contributed by atoms with Crippen molar-refractivity contribution in [1.29, 1.82) is 0 Å². The molecule has 2 aromatic heterocycles. The van der Waals surface area contributed by atoms with Crippen molar-refractivity contribution >= 4 is 39.1 Å². The molecule has 0 aromatic carbocycles. The van der Waals surface area contributed by atoms with Gasteiger partial charge in [0.1, 0.15) is 9.71 Å². The Morgan fingerprint density at radius 1 is 1.38 bits per heavy atom. The van der Waals surface area contributed by atoms with E-state index < -0.39 is 0 Å². The number of aromatic nitrogens is 1. The van der Waals surface area contributed by atoms with Crippen molar-refractivity contribution in [3.05, 3.63) is 23.2 Å². The van der Waals surface area contributed by atoms with Crippen molar-refractivity contribution in [3.8, 4) is 0 Å². The molecule has 0 fully saturated rings. The quantitative estimate of drug-likeness (QED) is 0.777. The van der Waals surface area contributed by atoms with Gasteiger partial charge < -0.3 is 16.4 Å². The first-order valence-electron chi connectivity index (χ1n) is 6.67. The summed E-state index contributed by atoms with van der Waals surface area (Å²) in [5.41, 5.74) is 6.36. The molecule has 0 saturated carbocycles. The highest BCUT2D eigenvalue weighted by Gasteiger charge is 2.17. The number of carbonyl (C=O) groups is 2. The number of thiophene rings is 1. The predicted molar refractivity (Wildman–Crippen MR) is 84.2 cm³/mol. The second kappa shape index (κ2) is 6.53. The number of nitrogens with one attached hydrogen (secondary N) is 2. The molecule has 2 rings (SSSR count). The number of carbonyl (C=O) groups excluding carboxylic acids is 2. The summed E-state index contributed by atoms with van der Waals surface area (Å²) >= 11 is 1.22. The van der Waals surface area contributed by atoms with Crippen LogP contribution in [0.1, 0.15) is 23.5 Å². The van der Waals surface area contributed by atoms with Crippen LogP contribution < -0.4 is 16.4 Å². The van der Waals surface area contributed by atoms with Crippen LogP contribution in [0.25, 0.3) is 10.2 Å². The third-order valence-corrected chi connectivity index (χ3v) is 3.96. The van der Waals surface area contributed by atoms with Crippen molar-refractivity contribution < 1.29 is 9.59 Å². The lowest BCUT2D eigenvalue weighted by Crippen LogP contribution is -2.38. The molecule has 6 nitrogen and oxygen atoms in total. The van der Waals surface area contributed by atoms with E-state index in [0.29, 0.717) is 27.9 Å². The molecular weight excluding hydrogens is 288 g/mol. The first-order chi connectivity index (χ1) is 9.99. The molecule has 0 aliphatic heterocycles. The van der Waals surface area contributed by atoms with Gasteiger partial charge in [0.2, 0.25) is 5.91 Å². The molecule has 0 atom stereocenters. The van der Waals surface area contributed by atoms with Gasteiger partial charge in [0.05, 0.1) is 12.2 Å². The van der Waals surface area contributed by atoms with E-state index in [2.05, 4.69) is 15.6 Å². The average molecular weight is 306 g/mol. The van der Waals surface area contributed by atoms with E-state index in [-0.39, 0.29) is 18.4 Å². The summed E-state index contributed by atoms with van der Waals surface area (Å²) in [5, 5.41) is 6.07. The maximum absolute atomic E-state index is 12.1. The summed E-state index contributed by atoms with van der Waals surface area (Å²) in [4.78, 5) is 28.9. The smallest absolute Gasteiger partial charge is 0.264 e. The summed E-state index contributed by atoms with van der Waals surface area (Å²) in [7, 11) is 0. The van der Waals surface area contributed by atoms with Crippen LogP contribution in [0.5, 0.6) is 0 Å². The number of nitrogen functional groups attached to an aromatic ring is 1. The van der Waals surface area contributed by atoms with Crippen LogP contribution in [-0.2, 0) is 4.79 Å². The van der Waals surface area contributed by atoms with Crippen LogP contribution in [0.3, 0.4) is 0 Å². The molecule has 0 aliphatic rings. The number of fused-ring (bicyclic) bond motifs is 1. The zero-order valence-electron chi connectivity index (χ0n) is 12.0. The number of amides is 2. The van der Waals surface area contributed by atoms with Crippen molar-refractivity contribution in [3.63, 3.8) is 0 Å². The molecule has 4 N–H and O–H groups in total. The minimum Gasteiger partial charge on any atom is -0.397 e. The van der Waals surface area contributed by atoms with Gasteiger partial charge in [0.15, 0.2) is 0 Å². The van der Waals surface area contributed by atoms with Gasteiger partial charge >= 0.3 is 0 Å². The Morgan fingerprint density at radius 3 is 2.81 bits per heavy atom. The maximum atomic E-state index is 12.1. The highest BCUT2D eigenvalue weighted by atomic mass is 32.1. The van der Waals surface area contributed by atoms with Gasteiger partial charge in [-0.2, -0.15) is 0 Å². The van der Waals surface area contributed by atoms with Crippen molar-refractivity contribution in [2.75, 3.05) is 18.8 Å². The van der Waals surface area contributed by atoms with Crippen LogP contribution in [-0.4, -0.2) is 29.9 Å². The van der Waals surface area contributed by atoms with Gasteiger partial charge in [-0.25, -0.2) is 4.98 Å². The zero-order chi connectivity index (χ0) is 15.4. The van der Waals surface area contributed by atoms with Crippen LogP contribution in [0.2, 0.25) is 0 Å². The van der Waals surface area contributed by atoms with Gasteiger partial charge in [-0.1, -0.05) is 13.8 Å². The average Bonchev–Trinajstić information content (AvgIpc) is 2.80. The lowest BCUT2D eigenvalue weighted by atomic mass is 10.2. The van der Waals surface area contributed by atoms with Gasteiger partial charge in [0, 0.05) is 18.1 Å². The highest BCUT2D eigenvalue weighted by Crippen LogP contribution is 2.31. The Hall–Kier alpha value is -2.15. The maximum Gasteiger partial charge on any atom is 0.264 e. The molecule has 0 aliphatic carbocycles. The third-order valence-electron chi connectivity index (χ3n) is 2.83. The number of rotatable bonds is 5. The van der Waals surface area contributed by atoms with E-state index in [1.54, 1.807) is 12.3 Å². The topological polar surface area (TPSA) is 97.1 Å². The summed E-state index contributed by atoms with van der Waals surface area (Å²) in [5.74, 6) is -0.195. The molecule has 2 aromatic rings. The van der Waals surface area contributed by atoms with Gasteiger partial charge in [0.25, 0.3) is 5.91 Å². The highest BCUT2D eigenvalue weighted by molar-refractivity contribution is 7.21. The van der Waals surface area contributed by atoms with E-state index >= 15 is 0 Å². The summed E-state index contributed by atoms with van der Waals surface area (Å²) in [6, 6.07) is 3.59. The first kappa shape index (κ1) is 15.2. The number of pyridine rings is 1. The Kier molecular flexibility index (Phi) is 4.74. The van der Waals surface area contributed by atoms with Crippen molar-refractivity contribution in [2.45, 2.75) is 13.8 Å². The Balaban J connectivity index is 1.99. The lowest BCUT2D eigenvalue weighted by molar-refractivity contribution is -0.120. The van der Waals surface area contributed by atoms with Gasteiger partial charge in [-0.3, -0.25) is 9.59 Å². The molecule has 112 valence electrons. The minimum atomic E-state index is -0.352. The largest absolute Gasteiger partial charge is 0.397 e. The fraction of sp³-hybridized carbons (Fsp3) is 0.357.